The van der Waals surface area contributed by atoms with Crippen LogP contribution in [-0.4, -0.2) is 26.0 Å². The van der Waals surface area contributed by atoms with Crippen molar-refractivity contribution in [1.82, 2.24) is 14.8 Å². The Hall–Kier alpha value is -0.900. The fourth-order valence-electron chi connectivity index (χ4n) is 2.73. The lowest BCUT2D eigenvalue weighted by Crippen LogP contribution is -2.20. The van der Waals surface area contributed by atoms with Gasteiger partial charge in [0.25, 0.3) is 0 Å². The van der Waals surface area contributed by atoms with Gasteiger partial charge in [0.15, 0.2) is 0 Å². The predicted octanol–water partition coefficient (Wildman–Crippen LogP) is 3.05. The molecule has 110 valence electrons. The summed E-state index contributed by atoms with van der Waals surface area (Å²) in [5.41, 5.74) is 0.321. The van der Waals surface area contributed by atoms with Crippen molar-refractivity contribution in [2.45, 2.75) is 73.0 Å². The third-order valence-corrected chi connectivity index (χ3v) is 3.18. The number of nitrogens with zero attached hydrogens (tertiary/aromatic N) is 3. The Morgan fingerprint density at radius 2 is 2.05 bits per heavy atom. The van der Waals surface area contributed by atoms with Crippen molar-refractivity contribution in [2.75, 3.05) is 0 Å². The molecule has 0 amide bonds. The summed E-state index contributed by atoms with van der Waals surface area (Å²) in [5.74, 6) is 1.43. The Kier molecular flexibility index (Phi) is 5.98. The summed E-state index contributed by atoms with van der Waals surface area (Å²) >= 11 is 0. The molecule has 2 atom stereocenters. The number of aliphatic hydroxyl groups excluding tert-OH is 1. The van der Waals surface area contributed by atoms with Crippen LogP contribution in [0.4, 0.5) is 0 Å². The summed E-state index contributed by atoms with van der Waals surface area (Å²) in [6.45, 7) is 11.9. The van der Waals surface area contributed by atoms with Crippen molar-refractivity contribution < 1.29 is 5.11 Å². The van der Waals surface area contributed by atoms with E-state index in [0.717, 1.165) is 31.6 Å². The number of hydrogen-bond acceptors (Lipinski definition) is 3. The lowest BCUT2D eigenvalue weighted by atomic mass is 9.83. The second-order valence-electron chi connectivity index (χ2n) is 6.86. The summed E-state index contributed by atoms with van der Waals surface area (Å²) in [4.78, 5) is 4.25. The van der Waals surface area contributed by atoms with Gasteiger partial charge in [-0.15, -0.1) is 0 Å². The first-order chi connectivity index (χ1) is 8.81. The van der Waals surface area contributed by atoms with Crippen LogP contribution in [0.25, 0.3) is 0 Å². The van der Waals surface area contributed by atoms with Gasteiger partial charge in [-0.3, -0.25) is 4.68 Å². The van der Waals surface area contributed by atoms with E-state index in [0.29, 0.717) is 17.8 Å². The van der Waals surface area contributed by atoms with Gasteiger partial charge in [0.2, 0.25) is 0 Å². The smallest absolute Gasteiger partial charge is 0.138 e. The number of aliphatic hydroxyl groups is 1. The van der Waals surface area contributed by atoms with E-state index in [9.17, 15) is 5.11 Å². The van der Waals surface area contributed by atoms with Crippen LogP contribution in [0.5, 0.6) is 0 Å². The lowest BCUT2D eigenvalue weighted by Gasteiger charge is -2.24. The molecule has 0 aliphatic carbocycles. The standard InChI is InChI=1S/C15H29N3O/c1-6-7-18-14(16-11-17-18)9-13(19)8-12(2)10-15(3,4)5/h11-13,19H,6-10H2,1-5H3. The zero-order valence-electron chi connectivity index (χ0n) is 13.1. The Morgan fingerprint density at radius 3 is 2.63 bits per heavy atom. The van der Waals surface area contributed by atoms with E-state index in [2.05, 4.69) is 44.7 Å². The molecule has 0 saturated carbocycles. The first-order valence-electron chi connectivity index (χ1n) is 7.36. The van der Waals surface area contributed by atoms with Crippen LogP contribution in [0.2, 0.25) is 0 Å². The van der Waals surface area contributed by atoms with Gasteiger partial charge in [-0.05, 0) is 30.6 Å². The van der Waals surface area contributed by atoms with Gasteiger partial charge < -0.3 is 5.11 Å². The van der Waals surface area contributed by atoms with Crippen LogP contribution in [0.15, 0.2) is 6.33 Å². The van der Waals surface area contributed by atoms with Gasteiger partial charge in [-0.2, -0.15) is 5.10 Å². The number of aryl methyl sites for hydroxylation is 1. The van der Waals surface area contributed by atoms with E-state index in [4.69, 9.17) is 0 Å². The van der Waals surface area contributed by atoms with Crippen molar-refractivity contribution >= 4 is 0 Å². The number of hydrogen-bond donors (Lipinski definition) is 1. The van der Waals surface area contributed by atoms with Crippen LogP contribution in [0, 0.1) is 11.3 Å². The van der Waals surface area contributed by atoms with E-state index < -0.39 is 0 Å². The van der Waals surface area contributed by atoms with E-state index in [-0.39, 0.29) is 6.10 Å². The Labute approximate surface area is 117 Å². The predicted molar refractivity (Wildman–Crippen MR) is 77.9 cm³/mol. The molecule has 0 aromatic carbocycles. The second-order valence-corrected chi connectivity index (χ2v) is 6.86. The van der Waals surface area contributed by atoms with E-state index in [1.54, 1.807) is 6.33 Å². The highest BCUT2D eigenvalue weighted by Gasteiger charge is 2.19. The van der Waals surface area contributed by atoms with Crippen LogP contribution in [0.3, 0.4) is 0 Å². The molecule has 0 bridgehead atoms. The van der Waals surface area contributed by atoms with Crippen molar-refractivity contribution in [2.24, 2.45) is 11.3 Å². The lowest BCUT2D eigenvalue weighted by molar-refractivity contribution is 0.129. The van der Waals surface area contributed by atoms with Gasteiger partial charge >= 0.3 is 0 Å². The normalized spacial score (nSPS) is 15.5. The quantitative estimate of drug-likeness (QED) is 0.826. The highest BCUT2D eigenvalue weighted by molar-refractivity contribution is 4.88. The fourth-order valence-corrected chi connectivity index (χ4v) is 2.73. The zero-order valence-corrected chi connectivity index (χ0v) is 13.1. The molecule has 0 aliphatic rings. The zero-order chi connectivity index (χ0) is 14.5. The Balaban J connectivity index is 2.46. The molecule has 2 unspecified atom stereocenters. The maximum atomic E-state index is 10.2. The van der Waals surface area contributed by atoms with Gasteiger partial charge in [0, 0.05) is 13.0 Å². The summed E-state index contributed by atoms with van der Waals surface area (Å²) in [6.07, 6.45) is 4.86. The minimum Gasteiger partial charge on any atom is -0.393 e. The highest BCUT2D eigenvalue weighted by atomic mass is 16.3. The minimum absolute atomic E-state index is 0.321. The fraction of sp³-hybridized carbons (Fsp3) is 0.867. The molecule has 0 spiro atoms. The molecular weight excluding hydrogens is 238 g/mol. The number of aromatic nitrogens is 3. The molecule has 4 nitrogen and oxygen atoms in total. The van der Waals surface area contributed by atoms with E-state index in [1.807, 2.05) is 4.68 Å². The molecule has 1 aromatic heterocycles. The third kappa shape index (κ3) is 6.19. The third-order valence-electron chi connectivity index (χ3n) is 3.18. The number of rotatable bonds is 7. The van der Waals surface area contributed by atoms with Gasteiger partial charge in [-0.25, -0.2) is 4.98 Å². The molecule has 1 rings (SSSR count). The molecule has 1 N–H and O–H groups in total. The minimum atomic E-state index is -0.322. The average Bonchev–Trinajstić information content (AvgIpc) is 2.62. The molecular formula is C15H29N3O. The highest BCUT2D eigenvalue weighted by Crippen LogP contribution is 2.27. The molecule has 0 saturated heterocycles. The average molecular weight is 267 g/mol. The maximum Gasteiger partial charge on any atom is 0.138 e. The summed E-state index contributed by atoms with van der Waals surface area (Å²) < 4.78 is 1.90. The Bertz CT molecular complexity index is 368. The van der Waals surface area contributed by atoms with Crippen LogP contribution >= 0.6 is 0 Å². The summed E-state index contributed by atoms with van der Waals surface area (Å²) in [7, 11) is 0. The van der Waals surface area contributed by atoms with Gasteiger partial charge in [-0.1, -0.05) is 34.6 Å². The molecule has 4 heteroatoms. The maximum absolute atomic E-state index is 10.2. The topological polar surface area (TPSA) is 50.9 Å². The SMILES string of the molecule is CCCn1ncnc1CC(O)CC(C)CC(C)(C)C. The van der Waals surface area contributed by atoms with Gasteiger partial charge in [0.1, 0.15) is 12.2 Å². The van der Waals surface area contributed by atoms with Crippen molar-refractivity contribution in [3.8, 4) is 0 Å². The molecule has 19 heavy (non-hydrogen) atoms. The van der Waals surface area contributed by atoms with Crippen LogP contribution in [0.1, 0.15) is 59.7 Å². The van der Waals surface area contributed by atoms with Crippen LogP contribution in [-0.2, 0) is 13.0 Å². The summed E-state index contributed by atoms with van der Waals surface area (Å²) in [5, 5.41) is 14.4. The molecule has 0 fully saturated rings. The van der Waals surface area contributed by atoms with Crippen LogP contribution < -0.4 is 0 Å². The first-order valence-corrected chi connectivity index (χ1v) is 7.36. The van der Waals surface area contributed by atoms with E-state index in [1.165, 1.54) is 0 Å². The van der Waals surface area contributed by atoms with Crippen molar-refractivity contribution in [3.05, 3.63) is 12.2 Å². The largest absolute Gasteiger partial charge is 0.393 e. The van der Waals surface area contributed by atoms with E-state index >= 15 is 0 Å². The summed E-state index contributed by atoms with van der Waals surface area (Å²) in [6, 6.07) is 0. The molecule has 1 heterocycles. The van der Waals surface area contributed by atoms with Crippen molar-refractivity contribution in [3.63, 3.8) is 0 Å². The van der Waals surface area contributed by atoms with Gasteiger partial charge in [0.05, 0.1) is 6.10 Å². The molecule has 0 radical (unpaired) electrons. The molecule has 0 aliphatic heterocycles. The van der Waals surface area contributed by atoms with Crippen molar-refractivity contribution in [1.29, 1.82) is 0 Å². The first kappa shape index (κ1) is 16.2. The molecule has 1 aromatic rings. The Morgan fingerprint density at radius 1 is 1.37 bits per heavy atom. The monoisotopic (exact) mass is 267 g/mol. The second kappa shape index (κ2) is 7.04.